The second-order valence-corrected chi connectivity index (χ2v) is 4.93. The Labute approximate surface area is 136 Å². The first kappa shape index (κ1) is 18.4. The molecule has 2 atom stereocenters. The topological polar surface area (TPSA) is 76.7 Å². The van der Waals surface area contributed by atoms with E-state index in [4.69, 9.17) is 4.74 Å². The van der Waals surface area contributed by atoms with Crippen LogP contribution in [-0.2, 0) is 14.3 Å². The van der Waals surface area contributed by atoms with Crippen LogP contribution < -0.4 is 10.6 Å². The van der Waals surface area contributed by atoms with Crippen LogP contribution in [0.2, 0.25) is 0 Å². The summed E-state index contributed by atoms with van der Waals surface area (Å²) in [6.07, 6.45) is 0. The van der Waals surface area contributed by atoms with Gasteiger partial charge in [-0.3, -0.25) is 4.79 Å². The van der Waals surface area contributed by atoms with E-state index in [1.165, 1.54) is 7.11 Å². The molecule has 1 aliphatic heterocycles. The van der Waals surface area contributed by atoms with Crippen molar-refractivity contribution in [3.05, 3.63) is 35.4 Å². The number of amides is 1. The van der Waals surface area contributed by atoms with Crippen molar-refractivity contribution in [1.82, 2.24) is 10.6 Å². The molecule has 0 spiro atoms. The number of morpholine rings is 1. The fraction of sp³-hybridized carbons (Fsp3) is 0.467. The van der Waals surface area contributed by atoms with E-state index < -0.39 is 0 Å². The average Bonchev–Trinajstić information content (AvgIpc) is 2.55. The molecule has 1 aromatic carbocycles. The van der Waals surface area contributed by atoms with Crippen molar-refractivity contribution in [2.45, 2.75) is 19.0 Å². The normalized spacial score (nSPS) is 18.7. The highest BCUT2D eigenvalue weighted by atomic mass is 35.5. The van der Waals surface area contributed by atoms with Crippen LogP contribution in [0.3, 0.4) is 0 Å². The smallest absolute Gasteiger partial charge is 0.337 e. The van der Waals surface area contributed by atoms with Gasteiger partial charge in [0.2, 0.25) is 5.91 Å². The van der Waals surface area contributed by atoms with Crippen molar-refractivity contribution in [1.29, 1.82) is 0 Å². The third-order valence-electron chi connectivity index (χ3n) is 3.43. The highest BCUT2D eigenvalue weighted by Gasteiger charge is 2.22. The molecule has 1 saturated heterocycles. The number of nitrogens with one attached hydrogen (secondary N) is 2. The number of benzene rings is 1. The molecule has 0 unspecified atom stereocenters. The Hall–Kier alpha value is -1.63. The monoisotopic (exact) mass is 328 g/mol. The van der Waals surface area contributed by atoms with Crippen molar-refractivity contribution < 1.29 is 19.1 Å². The van der Waals surface area contributed by atoms with Crippen molar-refractivity contribution in [3.63, 3.8) is 0 Å². The molecule has 0 aromatic heterocycles. The van der Waals surface area contributed by atoms with Crippen LogP contribution in [0.4, 0.5) is 0 Å². The molecule has 122 valence electrons. The van der Waals surface area contributed by atoms with Gasteiger partial charge >= 0.3 is 5.97 Å². The van der Waals surface area contributed by atoms with Crippen LogP contribution in [0.25, 0.3) is 0 Å². The first-order valence-electron chi connectivity index (χ1n) is 6.91. The molecule has 6 nitrogen and oxygen atoms in total. The predicted molar refractivity (Wildman–Crippen MR) is 84.2 cm³/mol. The summed E-state index contributed by atoms with van der Waals surface area (Å²) in [5.41, 5.74) is 1.41. The third kappa shape index (κ3) is 4.69. The Morgan fingerprint density at radius 3 is 2.59 bits per heavy atom. The van der Waals surface area contributed by atoms with Gasteiger partial charge in [-0.1, -0.05) is 12.1 Å². The summed E-state index contributed by atoms with van der Waals surface area (Å²) in [5.74, 6) is -0.457. The van der Waals surface area contributed by atoms with Crippen molar-refractivity contribution in [2.24, 2.45) is 0 Å². The van der Waals surface area contributed by atoms with Gasteiger partial charge in [0.05, 0.1) is 31.9 Å². The van der Waals surface area contributed by atoms with Crippen molar-refractivity contribution in [2.75, 3.05) is 26.9 Å². The summed E-state index contributed by atoms with van der Waals surface area (Å²) in [7, 11) is 1.35. The molecular formula is C15H21ClN2O4. The molecule has 0 bridgehead atoms. The first-order valence-corrected chi connectivity index (χ1v) is 6.91. The Kier molecular flexibility index (Phi) is 7.31. The summed E-state index contributed by atoms with van der Waals surface area (Å²) in [6, 6.07) is 6.53. The van der Waals surface area contributed by atoms with Crippen LogP contribution in [0.5, 0.6) is 0 Å². The molecule has 0 saturated carbocycles. The summed E-state index contributed by atoms with van der Waals surface area (Å²) >= 11 is 0. The molecule has 1 aliphatic rings. The predicted octanol–water partition coefficient (Wildman–Crippen LogP) is 1.06. The Balaban J connectivity index is 0.00000242. The fourth-order valence-corrected chi connectivity index (χ4v) is 2.16. The maximum atomic E-state index is 12.1. The van der Waals surface area contributed by atoms with E-state index in [1.807, 2.05) is 19.1 Å². The maximum Gasteiger partial charge on any atom is 0.337 e. The molecule has 2 N–H and O–H groups in total. The van der Waals surface area contributed by atoms with Crippen molar-refractivity contribution in [3.8, 4) is 0 Å². The van der Waals surface area contributed by atoms with E-state index in [9.17, 15) is 9.59 Å². The second-order valence-electron chi connectivity index (χ2n) is 4.93. The van der Waals surface area contributed by atoms with Gasteiger partial charge in [0.1, 0.15) is 6.04 Å². The van der Waals surface area contributed by atoms with Gasteiger partial charge in [-0.15, -0.1) is 12.4 Å². The zero-order valence-electron chi connectivity index (χ0n) is 12.6. The molecular weight excluding hydrogens is 308 g/mol. The number of halogens is 1. The third-order valence-corrected chi connectivity index (χ3v) is 3.43. The molecule has 22 heavy (non-hydrogen) atoms. The standard InChI is InChI=1S/C15H20N2O4.ClH/c1-10(17-14(18)13-9-21-8-7-16-13)11-3-5-12(6-4-11)15(19)20-2;/h3-6,10,13,16H,7-9H2,1-2H3,(H,17,18);1H/t10-,13+;/m1./s1. The number of carbonyl (C=O) groups is 2. The highest BCUT2D eigenvalue weighted by molar-refractivity contribution is 5.89. The SMILES string of the molecule is COC(=O)c1ccc([C@@H](C)NC(=O)[C@@H]2COCCN2)cc1.Cl. The van der Waals surface area contributed by atoms with Crippen LogP contribution in [-0.4, -0.2) is 44.8 Å². The van der Waals surface area contributed by atoms with E-state index in [0.717, 1.165) is 5.56 Å². The number of rotatable bonds is 4. The van der Waals surface area contributed by atoms with E-state index in [0.29, 0.717) is 25.3 Å². The number of esters is 1. The Bertz CT molecular complexity index is 501. The van der Waals surface area contributed by atoms with Gasteiger partial charge in [0, 0.05) is 6.54 Å². The fourth-order valence-electron chi connectivity index (χ4n) is 2.16. The summed E-state index contributed by atoms with van der Waals surface area (Å²) in [6.45, 7) is 3.60. The zero-order valence-corrected chi connectivity index (χ0v) is 13.4. The minimum atomic E-state index is -0.373. The lowest BCUT2D eigenvalue weighted by Crippen LogP contribution is -2.51. The minimum absolute atomic E-state index is 0. The molecule has 0 aliphatic carbocycles. The quantitative estimate of drug-likeness (QED) is 0.808. The summed E-state index contributed by atoms with van der Waals surface area (Å²) < 4.78 is 9.92. The van der Waals surface area contributed by atoms with Crippen molar-refractivity contribution >= 4 is 24.3 Å². The van der Waals surface area contributed by atoms with Gasteiger partial charge in [-0.2, -0.15) is 0 Å². The molecule has 1 heterocycles. The van der Waals surface area contributed by atoms with Gasteiger partial charge in [0.15, 0.2) is 0 Å². The van der Waals surface area contributed by atoms with Gasteiger partial charge in [-0.05, 0) is 24.6 Å². The summed E-state index contributed by atoms with van der Waals surface area (Å²) in [4.78, 5) is 23.4. The lowest BCUT2D eigenvalue weighted by molar-refractivity contribution is -0.126. The van der Waals surface area contributed by atoms with Crippen LogP contribution in [0, 0.1) is 0 Å². The summed E-state index contributed by atoms with van der Waals surface area (Å²) in [5, 5.41) is 6.04. The van der Waals surface area contributed by atoms with E-state index in [2.05, 4.69) is 15.4 Å². The minimum Gasteiger partial charge on any atom is -0.465 e. The Morgan fingerprint density at radius 2 is 2.05 bits per heavy atom. The van der Waals surface area contributed by atoms with Crippen LogP contribution in [0.1, 0.15) is 28.9 Å². The number of hydrogen-bond donors (Lipinski definition) is 2. The number of ether oxygens (including phenoxy) is 2. The number of hydrogen-bond acceptors (Lipinski definition) is 5. The lowest BCUT2D eigenvalue weighted by atomic mass is 10.1. The molecule has 1 amide bonds. The average molecular weight is 329 g/mol. The van der Waals surface area contributed by atoms with Gasteiger partial charge < -0.3 is 20.1 Å². The molecule has 1 aromatic rings. The molecule has 7 heteroatoms. The molecule has 2 rings (SSSR count). The van der Waals surface area contributed by atoms with Crippen LogP contribution >= 0.6 is 12.4 Å². The van der Waals surface area contributed by atoms with Crippen LogP contribution in [0.15, 0.2) is 24.3 Å². The van der Waals surface area contributed by atoms with E-state index in [1.54, 1.807) is 12.1 Å². The molecule has 1 fully saturated rings. The Morgan fingerprint density at radius 1 is 1.36 bits per heavy atom. The highest BCUT2D eigenvalue weighted by Crippen LogP contribution is 2.14. The number of carbonyl (C=O) groups excluding carboxylic acids is 2. The number of methoxy groups -OCH3 is 1. The van der Waals surface area contributed by atoms with E-state index in [-0.39, 0.29) is 36.4 Å². The maximum absolute atomic E-state index is 12.1. The largest absolute Gasteiger partial charge is 0.465 e. The van der Waals surface area contributed by atoms with Gasteiger partial charge in [0.25, 0.3) is 0 Å². The first-order chi connectivity index (χ1) is 10.1. The van der Waals surface area contributed by atoms with Gasteiger partial charge in [-0.25, -0.2) is 4.79 Å². The second kappa shape index (κ2) is 8.73. The lowest BCUT2D eigenvalue weighted by Gasteiger charge is -2.25. The molecule has 0 radical (unpaired) electrons. The van der Waals surface area contributed by atoms with E-state index >= 15 is 0 Å². The zero-order chi connectivity index (χ0) is 15.2.